The van der Waals surface area contributed by atoms with Gasteiger partial charge in [0.15, 0.2) is 0 Å². The molecule has 0 aromatic heterocycles. The molecular weight excluding hydrogens is 307 g/mol. The van der Waals surface area contributed by atoms with Gasteiger partial charge in [0.2, 0.25) is 5.91 Å². The Morgan fingerprint density at radius 1 is 1.14 bits per heavy atom. The minimum atomic E-state index is -3.80. The number of hydrogen-bond donors (Lipinski definition) is 2. The Morgan fingerprint density at radius 2 is 1.82 bits per heavy atom. The number of rotatable bonds is 3. The molecule has 7 heteroatoms. The second-order valence-corrected chi connectivity index (χ2v) is 6.75. The number of anilines is 2. The molecular formula is C15H13FN2O3S. The van der Waals surface area contributed by atoms with Crippen molar-refractivity contribution in [2.24, 2.45) is 0 Å². The lowest BCUT2D eigenvalue weighted by atomic mass is 10.0. The summed E-state index contributed by atoms with van der Waals surface area (Å²) in [5.41, 5.74) is 1.78. The smallest absolute Gasteiger partial charge is 0.261 e. The number of hydrogen-bond acceptors (Lipinski definition) is 3. The molecule has 5 nitrogen and oxygen atoms in total. The molecule has 1 atom stereocenters. The van der Waals surface area contributed by atoms with Crippen LogP contribution in [0.2, 0.25) is 0 Å². The fraction of sp³-hybridized carbons (Fsp3) is 0.133. The molecule has 0 spiro atoms. The van der Waals surface area contributed by atoms with Crippen molar-refractivity contribution in [1.29, 1.82) is 0 Å². The van der Waals surface area contributed by atoms with Gasteiger partial charge in [-0.1, -0.05) is 0 Å². The topological polar surface area (TPSA) is 75.3 Å². The number of nitrogens with one attached hydrogen (secondary N) is 2. The maximum absolute atomic E-state index is 12.9. The summed E-state index contributed by atoms with van der Waals surface area (Å²) in [7, 11) is -3.80. The summed E-state index contributed by atoms with van der Waals surface area (Å²) >= 11 is 0. The molecule has 1 amide bonds. The van der Waals surface area contributed by atoms with Gasteiger partial charge in [-0.25, -0.2) is 12.8 Å². The lowest BCUT2D eigenvalue weighted by Crippen LogP contribution is -2.13. The third-order valence-electron chi connectivity index (χ3n) is 3.55. The fourth-order valence-corrected chi connectivity index (χ4v) is 3.36. The van der Waals surface area contributed by atoms with Crippen LogP contribution < -0.4 is 10.0 Å². The summed E-state index contributed by atoms with van der Waals surface area (Å²) < 4.78 is 39.8. The molecule has 0 bridgehead atoms. The van der Waals surface area contributed by atoms with Gasteiger partial charge in [-0.15, -0.1) is 0 Å². The van der Waals surface area contributed by atoms with Crippen LogP contribution in [0.1, 0.15) is 18.4 Å². The second kappa shape index (κ2) is 5.10. The second-order valence-electron chi connectivity index (χ2n) is 5.07. The molecule has 2 aromatic carbocycles. The molecule has 0 fully saturated rings. The van der Waals surface area contributed by atoms with E-state index in [2.05, 4.69) is 10.0 Å². The van der Waals surface area contributed by atoms with E-state index in [1.807, 2.05) is 0 Å². The quantitative estimate of drug-likeness (QED) is 0.913. The normalized spacial score (nSPS) is 17.0. The van der Waals surface area contributed by atoms with Crippen molar-refractivity contribution in [3.8, 4) is 0 Å². The summed E-state index contributed by atoms with van der Waals surface area (Å²) in [6.07, 6.45) is 0. The van der Waals surface area contributed by atoms with Crippen LogP contribution in [0, 0.1) is 5.82 Å². The lowest BCUT2D eigenvalue weighted by molar-refractivity contribution is -0.116. The summed E-state index contributed by atoms with van der Waals surface area (Å²) in [4.78, 5) is 11.6. The fourth-order valence-electron chi connectivity index (χ4n) is 2.31. The average Bonchev–Trinajstić information content (AvgIpc) is 2.74. The molecule has 0 saturated carbocycles. The minimum Gasteiger partial charge on any atom is -0.325 e. The Hall–Kier alpha value is -2.41. The first kappa shape index (κ1) is 14.5. The van der Waals surface area contributed by atoms with Gasteiger partial charge in [0.25, 0.3) is 10.0 Å². The molecule has 2 aromatic rings. The zero-order valence-corrected chi connectivity index (χ0v) is 12.4. The van der Waals surface area contributed by atoms with E-state index in [-0.39, 0.29) is 16.7 Å². The Labute approximate surface area is 127 Å². The molecule has 22 heavy (non-hydrogen) atoms. The highest BCUT2D eigenvalue weighted by molar-refractivity contribution is 7.92. The van der Waals surface area contributed by atoms with E-state index in [1.165, 1.54) is 12.1 Å². The van der Waals surface area contributed by atoms with Crippen LogP contribution in [-0.4, -0.2) is 14.3 Å². The molecule has 0 aliphatic carbocycles. The number of sulfonamides is 1. The van der Waals surface area contributed by atoms with E-state index in [9.17, 15) is 17.6 Å². The van der Waals surface area contributed by atoms with Crippen LogP contribution in [0.25, 0.3) is 0 Å². The van der Waals surface area contributed by atoms with Crippen LogP contribution in [0.5, 0.6) is 0 Å². The largest absolute Gasteiger partial charge is 0.325 e. The molecule has 1 heterocycles. The number of halogens is 1. The molecule has 0 saturated heterocycles. The first-order valence-corrected chi connectivity index (χ1v) is 8.08. The highest BCUT2D eigenvalue weighted by Crippen LogP contribution is 2.34. The molecule has 3 rings (SSSR count). The Bertz CT molecular complexity index is 848. The van der Waals surface area contributed by atoms with Crippen LogP contribution >= 0.6 is 0 Å². The van der Waals surface area contributed by atoms with Crippen LogP contribution in [-0.2, 0) is 14.8 Å². The number of amides is 1. The van der Waals surface area contributed by atoms with Gasteiger partial charge < -0.3 is 5.32 Å². The van der Waals surface area contributed by atoms with Crippen LogP contribution in [0.15, 0.2) is 47.4 Å². The van der Waals surface area contributed by atoms with Crippen LogP contribution in [0.3, 0.4) is 0 Å². The maximum Gasteiger partial charge on any atom is 0.261 e. The minimum absolute atomic E-state index is 0.0309. The van der Waals surface area contributed by atoms with Gasteiger partial charge in [0.1, 0.15) is 5.82 Å². The van der Waals surface area contributed by atoms with Crippen molar-refractivity contribution in [3.05, 3.63) is 53.8 Å². The Kier molecular flexibility index (Phi) is 3.37. The van der Waals surface area contributed by atoms with E-state index in [1.54, 1.807) is 25.1 Å². The first-order chi connectivity index (χ1) is 10.4. The van der Waals surface area contributed by atoms with Crippen molar-refractivity contribution >= 4 is 27.3 Å². The molecule has 1 aliphatic heterocycles. The Balaban J connectivity index is 1.91. The average molecular weight is 320 g/mol. The van der Waals surface area contributed by atoms with Crippen molar-refractivity contribution in [2.75, 3.05) is 10.0 Å². The number of benzene rings is 2. The highest BCUT2D eigenvalue weighted by atomic mass is 32.2. The Morgan fingerprint density at radius 3 is 2.50 bits per heavy atom. The van der Waals surface area contributed by atoms with E-state index >= 15 is 0 Å². The summed E-state index contributed by atoms with van der Waals surface area (Å²) in [6, 6.07) is 9.40. The third-order valence-corrected chi connectivity index (χ3v) is 4.94. The molecule has 1 aliphatic rings. The standard InChI is InChI=1S/C15H13FN2O3S/c1-9-13-8-11(4-7-14(13)17-15(9)19)18-22(20,21)12-5-2-10(16)3-6-12/h2-9,18H,1H3,(H,17,19). The van der Waals surface area contributed by atoms with Gasteiger partial charge in [-0.05, 0) is 55.0 Å². The van der Waals surface area contributed by atoms with E-state index in [4.69, 9.17) is 0 Å². The predicted molar refractivity (Wildman–Crippen MR) is 80.7 cm³/mol. The number of carbonyl (C=O) groups is 1. The maximum atomic E-state index is 12.9. The zero-order valence-electron chi connectivity index (χ0n) is 11.6. The number of carbonyl (C=O) groups excluding carboxylic acids is 1. The van der Waals surface area contributed by atoms with E-state index < -0.39 is 15.8 Å². The van der Waals surface area contributed by atoms with Gasteiger partial charge in [0.05, 0.1) is 10.8 Å². The zero-order chi connectivity index (χ0) is 15.9. The SMILES string of the molecule is CC1C(=O)Nc2ccc(NS(=O)(=O)c3ccc(F)cc3)cc21. The summed E-state index contributed by atoms with van der Waals surface area (Å²) in [5, 5.41) is 2.72. The lowest BCUT2D eigenvalue weighted by Gasteiger charge is -2.10. The van der Waals surface area contributed by atoms with Crippen molar-refractivity contribution < 1.29 is 17.6 Å². The van der Waals surface area contributed by atoms with Crippen molar-refractivity contribution in [2.45, 2.75) is 17.7 Å². The molecule has 1 unspecified atom stereocenters. The molecule has 114 valence electrons. The van der Waals surface area contributed by atoms with Gasteiger partial charge in [-0.3, -0.25) is 9.52 Å². The summed E-state index contributed by atoms with van der Waals surface area (Å²) in [6.45, 7) is 1.75. The van der Waals surface area contributed by atoms with E-state index in [0.29, 0.717) is 11.4 Å². The van der Waals surface area contributed by atoms with Gasteiger partial charge in [0, 0.05) is 11.4 Å². The van der Waals surface area contributed by atoms with E-state index in [0.717, 1.165) is 17.7 Å². The molecule has 0 radical (unpaired) electrons. The van der Waals surface area contributed by atoms with Crippen molar-refractivity contribution in [1.82, 2.24) is 0 Å². The summed E-state index contributed by atoms with van der Waals surface area (Å²) in [5.74, 6) is -0.950. The van der Waals surface area contributed by atoms with Gasteiger partial charge in [-0.2, -0.15) is 0 Å². The number of fused-ring (bicyclic) bond motifs is 1. The monoisotopic (exact) mass is 320 g/mol. The van der Waals surface area contributed by atoms with Gasteiger partial charge >= 0.3 is 0 Å². The molecule has 2 N–H and O–H groups in total. The van der Waals surface area contributed by atoms with Crippen molar-refractivity contribution in [3.63, 3.8) is 0 Å². The first-order valence-electron chi connectivity index (χ1n) is 6.60. The predicted octanol–water partition coefficient (Wildman–Crippen LogP) is 2.68. The third kappa shape index (κ3) is 2.55. The van der Waals surface area contributed by atoms with Crippen LogP contribution in [0.4, 0.5) is 15.8 Å². The highest BCUT2D eigenvalue weighted by Gasteiger charge is 2.27.